The topological polar surface area (TPSA) is 26.0 Å². The van der Waals surface area contributed by atoms with Gasteiger partial charge in [-0.3, -0.25) is 0 Å². The second kappa shape index (κ2) is 4.72. The number of benzene rings is 2. The largest absolute Gasteiger partial charge is 0.330 e. The maximum atomic E-state index is 5.89. The van der Waals surface area contributed by atoms with Crippen LogP contribution in [-0.2, 0) is 5.41 Å². The zero-order valence-corrected chi connectivity index (χ0v) is 10.5. The predicted molar refractivity (Wildman–Crippen MR) is 74.0 cm³/mol. The fourth-order valence-corrected chi connectivity index (χ4v) is 2.05. The van der Waals surface area contributed by atoms with Crippen molar-refractivity contribution in [2.75, 3.05) is 6.54 Å². The fourth-order valence-electron chi connectivity index (χ4n) is 2.05. The van der Waals surface area contributed by atoms with Crippen molar-refractivity contribution in [3.63, 3.8) is 0 Å². The maximum absolute atomic E-state index is 5.89. The third-order valence-corrected chi connectivity index (χ3v) is 3.25. The summed E-state index contributed by atoms with van der Waals surface area (Å²) in [4.78, 5) is 0. The van der Waals surface area contributed by atoms with Crippen LogP contribution in [0.5, 0.6) is 0 Å². The highest BCUT2D eigenvalue weighted by Crippen LogP contribution is 2.32. The monoisotopic (exact) mass is 225 g/mol. The number of hydrogen-bond donors (Lipinski definition) is 1. The van der Waals surface area contributed by atoms with E-state index in [4.69, 9.17) is 5.73 Å². The molecule has 0 aliphatic heterocycles. The van der Waals surface area contributed by atoms with E-state index < -0.39 is 0 Å². The first kappa shape index (κ1) is 11.9. The predicted octanol–water partition coefficient (Wildman–Crippen LogP) is 3.59. The van der Waals surface area contributed by atoms with Crippen molar-refractivity contribution in [2.45, 2.75) is 19.3 Å². The first-order chi connectivity index (χ1) is 8.15. The highest BCUT2D eigenvalue weighted by molar-refractivity contribution is 5.68. The van der Waals surface area contributed by atoms with Gasteiger partial charge < -0.3 is 5.73 Å². The van der Waals surface area contributed by atoms with Crippen LogP contribution in [0.15, 0.2) is 54.6 Å². The molecule has 0 amide bonds. The summed E-state index contributed by atoms with van der Waals surface area (Å²) in [7, 11) is 0. The quantitative estimate of drug-likeness (QED) is 0.848. The molecule has 0 unspecified atom stereocenters. The summed E-state index contributed by atoms with van der Waals surface area (Å²) in [5.41, 5.74) is 9.74. The van der Waals surface area contributed by atoms with Gasteiger partial charge in [-0.2, -0.15) is 0 Å². The maximum Gasteiger partial charge on any atom is 0.00252 e. The van der Waals surface area contributed by atoms with Crippen molar-refractivity contribution in [1.82, 2.24) is 0 Å². The van der Waals surface area contributed by atoms with Crippen molar-refractivity contribution in [3.8, 4) is 11.1 Å². The molecule has 2 rings (SSSR count). The van der Waals surface area contributed by atoms with Gasteiger partial charge in [-0.15, -0.1) is 0 Å². The lowest BCUT2D eigenvalue weighted by atomic mass is 9.80. The lowest BCUT2D eigenvalue weighted by Gasteiger charge is -2.26. The van der Waals surface area contributed by atoms with E-state index in [0.717, 1.165) is 0 Å². The zero-order valence-electron chi connectivity index (χ0n) is 10.5. The first-order valence-electron chi connectivity index (χ1n) is 6.00. The molecular weight excluding hydrogens is 206 g/mol. The van der Waals surface area contributed by atoms with Crippen molar-refractivity contribution >= 4 is 0 Å². The fraction of sp³-hybridized carbons (Fsp3) is 0.250. The Balaban J connectivity index is 2.56. The van der Waals surface area contributed by atoms with Gasteiger partial charge in [-0.25, -0.2) is 0 Å². The Kier molecular flexibility index (Phi) is 3.30. The summed E-state index contributed by atoms with van der Waals surface area (Å²) >= 11 is 0. The Hall–Kier alpha value is -1.60. The molecule has 1 heteroatoms. The molecule has 0 saturated carbocycles. The van der Waals surface area contributed by atoms with Crippen LogP contribution in [0.1, 0.15) is 19.4 Å². The van der Waals surface area contributed by atoms with Crippen LogP contribution in [0.3, 0.4) is 0 Å². The first-order valence-corrected chi connectivity index (χ1v) is 6.00. The summed E-state index contributed by atoms with van der Waals surface area (Å²) in [6.07, 6.45) is 0. The molecule has 88 valence electrons. The second-order valence-electron chi connectivity index (χ2n) is 5.00. The van der Waals surface area contributed by atoms with Gasteiger partial charge in [0.05, 0.1) is 0 Å². The lowest BCUT2D eigenvalue weighted by molar-refractivity contribution is 0.540. The van der Waals surface area contributed by atoms with Gasteiger partial charge in [0, 0.05) is 12.0 Å². The Labute approximate surface area is 103 Å². The van der Waals surface area contributed by atoms with E-state index in [-0.39, 0.29) is 5.41 Å². The van der Waals surface area contributed by atoms with Gasteiger partial charge in [-0.05, 0) is 16.7 Å². The molecule has 0 bridgehead atoms. The van der Waals surface area contributed by atoms with E-state index in [1.54, 1.807) is 0 Å². The Morgan fingerprint density at radius 1 is 0.882 bits per heavy atom. The molecule has 0 radical (unpaired) electrons. The van der Waals surface area contributed by atoms with Crippen LogP contribution in [0, 0.1) is 0 Å². The molecule has 2 N–H and O–H groups in total. The van der Waals surface area contributed by atoms with Gasteiger partial charge in [0.25, 0.3) is 0 Å². The average Bonchev–Trinajstić information content (AvgIpc) is 2.40. The summed E-state index contributed by atoms with van der Waals surface area (Å²) in [6, 6.07) is 19.0. The van der Waals surface area contributed by atoms with E-state index in [0.29, 0.717) is 6.54 Å². The molecule has 17 heavy (non-hydrogen) atoms. The highest BCUT2D eigenvalue weighted by atomic mass is 14.6. The molecular formula is C16H19N. The van der Waals surface area contributed by atoms with Gasteiger partial charge in [-0.1, -0.05) is 68.4 Å². The van der Waals surface area contributed by atoms with Crippen LogP contribution in [-0.4, -0.2) is 6.54 Å². The molecule has 0 aliphatic carbocycles. The normalized spacial score (nSPS) is 11.5. The minimum absolute atomic E-state index is 0.00638. The molecule has 0 aliphatic rings. The molecule has 0 saturated heterocycles. The molecule has 0 spiro atoms. The lowest BCUT2D eigenvalue weighted by Crippen LogP contribution is -2.28. The standard InChI is InChI=1S/C16H19N/c1-16(2,12-17)15-11-7-6-10-14(15)13-8-4-3-5-9-13/h3-11H,12,17H2,1-2H3. The minimum Gasteiger partial charge on any atom is -0.330 e. The molecule has 0 aromatic heterocycles. The van der Waals surface area contributed by atoms with Gasteiger partial charge >= 0.3 is 0 Å². The zero-order chi connectivity index (χ0) is 12.3. The van der Waals surface area contributed by atoms with Crippen LogP contribution >= 0.6 is 0 Å². The molecule has 2 aromatic rings. The second-order valence-corrected chi connectivity index (χ2v) is 5.00. The summed E-state index contributed by atoms with van der Waals surface area (Å²) in [5, 5.41) is 0. The van der Waals surface area contributed by atoms with E-state index in [1.165, 1.54) is 16.7 Å². The van der Waals surface area contributed by atoms with Crippen LogP contribution in [0.2, 0.25) is 0 Å². The van der Waals surface area contributed by atoms with E-state index in [1.807, 2.05) is 6.07 Å². The van der Waals surface area contributed by atoms with Crippen molar-refractivity contribution in [3.05, 3.63) is 60.2 Å². The number of rotatable bonds is 3. The van der Waals surface area contributed by atoms with Crippen LogP contribution < -0.4 is 5.73 Å². The summed E-state index contributed by atoms with van der Waals surface area (Å²) < 4.78 is 0. The molecule has 0 atom stereocenters. The van der Waals surface area contributed by atoms with Gasteiger partial charge in [0.2, 0.25) is 0 Å². The molecule has 1 nitrogen and oxygen atoms in total. The average molecular weight is 225 g/mol. The summed E-state index contributed by atoms with van der Waals surface area (Å²) in [5.74, 6) is 0. The van der Waals surface area contributed by atoms with E-state index in [2.05, 4.69) is 62.4 Å². The SMILES string of the molecule is CC(C)(CN)c1ccccc1-c1ccccc1. The third kappa shape index (κ3) is 2.40. The Bertz CT molecular complexity index is 486. The number of nitrogens with two attached hydrogens (primary N) is 1. The van der Waals surface area contributed by atoms with E-state index >= 15 is 0 Å². The summed E-state index contributed by atoms with van der Waals surface area (Å²) in [6.45, 7) is 5.03. The number of hydrogen-bond acceptors (Lipinski definition) is 1. The third-order valence-electron chi connectivity index (χ3n) is 3.25. The van der Waals surface area contributed by atoms with Gasteiger partial charge in [0.15, 0.2) is 0 Å². The minimum atomic E-state index is 0.00638. The van der Waals surface area contributed by atoms with Crippen LogP contribution in [0.4, 0.5) is 0 Å². The van der Waals surface area contributed by atoms with Gasteiger partial charge in [0.1, 0.15) is 0 Å². The molecule has 2 aromatic carbocycles. The van der Waals surface area contributed by atoms with Crippen molar-refractivity contribution in [2.24, 2.45) is 5.73 Å². The van der Waals surface area contributed by atoms with Crippen molar-refractivity contribution < 1.29 is 0 Å². The molecule has 0 heterocycles. The molecule has 0 fully saturated rings. The van der Waals surface area contributed by atoms with Crippen LogP contribution in [0.25, 0.3) is 11.1 Å². The smallest absolute Gasteiger partial charge is 0.00252 e. The highest BCUT2D eigenvalue weighted by Gasteiger charge is 2.21. The van der Waals surface area contributed by atoms with E-state index in [9.17, 15) is 0 Å². The Morgan fingerprint density at radius 2 is 1.47 bits per heavy atom. The Morgan fingerprint density at radius 3 is 2.12 bits per heavy atom. The van der Waals surface area contributed by atoms with Crippen molar-refractivity contribution in [1.29, 1.82) is 0 Å².